The molecule has 0 bridgehead atoms. The second-order valence-electron chi connectivity index (χ2n) is 3.59. The fraction of sp³-hybridized carbons (Fsp3) is 0. The molecule has 78 valence electrons. The number of hydrogen-bond acceptors (Lipinski definition) is 1. The van der Waals surface area contributed by atoms with Crippen molar-refractivity contribution in [2.45, 2.75) is 0 Å². The van der Waals surface area contributed by atoms with E-state index in [1.165, 1.54) is 0 Å². The average Bonchev–Trinajstić information content (AvgIpc) is 2.80. The lowest BCUT2D eigenvalue weighted by Gasteiger charge is -2.06. The average molecular weight is 229 g/mol. The molecule has 0 radical (unpaired) electrons. The van der Waals surface area contributed by atoms with Gasteiger partial charge in [0.2, 0.25) is 0 Å². The predicted molar refractivity (Wildman–Crippen MR) is 65.6 cm³/mol. The van der Waals surface area contributed by atoms with Crippen LogP contribution >= 0.6 is 11.6 Å². The monoisotopic (exact) mass is 228 g/mol. The highest BCUT2D eigenvalue weighted by Crippen LogP contribution is 2.28. The minimum atomic E-state index is 0.696. The van der Waals surface area contributed by atoms with E-state index in [0.717, 1.165) is 16.6 Å². The van der Waals surface area contributed by atoms with Gasteiger partial charge < -0.3 is 0 Å². The van der Waals surface area contributed by atoms with Gasteiger partial charge >= 0.3 is 0 Å². The number of nitrogens with zero attached hydrogens (tertiary/aromatic N) is 2. The van der Waals surface area contributed by atoms with E-state index in [1.807, 2.05) is 46.9 Å². The minimum absolute atomic E-state index is 0.696. The zero-order valence-corrected chi connectivity index (χ0v) is 9.22. The van der Waals surface area contributed by atoms with E-state index in [4.69, 9.17) is 11.6 Å². The first-order valence-corrected chi connectivity index (χ1v) is 5.40. The Morgan fingerprint density at radius 2 is 1.81 bits per heavy atom. The zero-order chi connectivity index (χ0) is 11.0. The van der Waals surface area contributed by atoms with Crippen molar-refractivity contribution < 1.29 is 0 Å². The van der Waals surface area contributed by atoms with Crippen LogP contribution in [-0.2, 0) is 0 Å². The van der Waals surface area contributed by atoms with Gasteiger partial charge in [-0.1, -0.05) is 41.9 Å². The van der Waals surface area contributed by atoms with Crippen LogP contribution in [-0.4, -0.2) is 9.38 Å². The first-order chi connectivity index (χ1) is 7.86. The number of fused-ring (bicyclic) bond motifs is 1. The van der Waals surface area contributed by atoms with Crippen LogP contribution in [0.2, 0.25) is 5.15 Å². The quantitative estimate of drug-likeness (QED) is 0.581. The molecule has 3 rings (SSSR count). The van der Waals surface area contributed by atoms with Crippen molar-refractivity contribution in [2.75, 3.05) is 0 Å². The number of hydrogen-bond donors (Lipinski definition) is 0. The summed E-state index contributed by atoms with van der Waals surface area (Å²) in [4.78, 5) is 4.08. The molecule has 0 unspecified atom stereocenters. The van der Waals surface area contributed by atoms with Crippen molar-refractivity contribution in [3.8, 4) is 11.1 Å². The number of pyridine rings is 1. The van der Waals surface area contributed by atoms with Crippen LogP contribution < -0.4 is 0 Å². The second-order valence-corrected chi connectivity index (χ2v) is 3.95. The maximum absolute atomic E-state index is 6.34. The van der Waals surface area contributed by atoms with Crippen LogP contribution in [0.4, 0.5) is 0 Å². The van der Waals surface area contributed by atoms with Gasteiger partial charge in [0.1, 0.15) is 11.5 Å². The fourth-order valence-electron chi connectivity index (χ4n) is 1.79. The summed E-state index contributed by atoms with van der Waals surface area (Å²) in [5.41, 5.74) is 3.14. The largest absolute Gasteiger partial charge is 0.289 e. The van der Waals surface area contributed by atoms with Gasteiger partial charge in [-0.2, -0.15) is 0 Å². The Hall–Kier alpha value is -1.80. The van der Waals surface area contributed by atoms with Crippen LogP contribution in [0.25, 0.3) is 16.6 Å². The van der Waals surface area contributed by atoms with Crippen molar-refractivity contribution in [3.63, 3.8) is 0 Å². The van der Waals surface area contributed by atoms with E-state index in [-0.39, 0.29) is 0 Å². The molecule has 0 amide bonds. The van der Waals surface area contributed by atoms with Gasteiger partial charge in [0.05, 0.1) is 11.7 Å². The summed E-state index contributed by atoms with van der Waals surface area (Å²) in [6, 6.07) is 14.1. The molecule has 0 aliphatic carbocycles. The third kappa shape index (κ3) is 1.39. The lowest BCUT2D eigenvalue weighted by molar-refractivity contribution is 1.16. The lowest BCUT2D eigenvalue weighted by Crippen LogP contribution is -1.88. The Morgan fingerprint density at radius 3 is 2.62 bits per heavy atom. The molecule has 0 fully saturated rings. The molecule has 0 N–H and O–H groups in total. The normalized spacial score (nSPS) is 10.8. The summed E-state index contributed by atoms with van der Waals surface area (Å²) < 4.78 is 1.88. The number of halogens is 1. The number of benzene rings is 1. The number of aromatic nitrogens is 2. The zero-order valence-electron chi connectivity index (χ0n) is 8.47. The molecule has 16 heavy (non-hydrogen) atoms. The van der Waals surface area contributed by atoms with Crippen LogP contribution in [0.3, 0.4) is 0 Å². The molecule has 0 atom stereocenters. The molecular weight excluding hydrogens is 220 g/mol. The van der Waals surface area contributed by atoms with E-state index in [1.54, 1.807) is 12.5 Å². The molecular formula is C13H9ClN2. The van der Waals surface area contributed by atoms with Gasteiger partial charge in [0.15, 0.2) is 0 Å². The third-order valence-corrected chi connectivity index (χ3v) is 2.99. The topological polar surface area (TPSA) is 17.3 Å². The van der Waals surface area contributed by atoms with E-state index in [2.05, 4.69) is 4.98 Å². The number of rotatable bonds is 1. The third-order valence-electron chi connectivity index (χ3n) is 2.61. The Labute approximate surface area is 98.1 Å². The van der Waals surface area contributed by atoms with Crippen molar-refractivity contribution in [3.05, 3.63) is 60.1 Å². The Balaban J connectivity index is 2.28. The van der Waals surface area contributed by atoms with Gasteiger partial charge in [-0.15, -0.1) is 0 Å². The van der Waals surface area contributed by atoms with Crippen LogP contribution in [0.15, 0.2) is 55.0 Å². The van der Waals surface area contributed by atoms with Gasteiger partial charge in [-0.05, 0) is 17.7 Å². The molecule has 3 aromatic rings. The maximum atomic E-state index is 6.34. The van der Waals surface area contributed by atoms with Crippen LogP contribution in [0, 0.1) is 0 Å². The van der Waals surface area contributed by atoms with E-state index in [9.17, 15) is 0 Å². The Bertz CT molecular complexity index is 629. The van der Waals surface area contributed by atoms with E-state index < -0.39 is 0 Å². The maximum Gasteiger partial charge on any atom is 0.122 e. The first-order valence-electron chi connectivity index (χ1n) is 5.02. The number of imidazole rings is 1. The molecule has 1 aromatic carbocycles. The smallest absolute Gasteiger partial charge is 0.122 e. The van der Waals surface area contributed by atoms with Gasteiger partial charge in [-0.3, -0.25) is 4.40 Å². The summed E-state index contributed by atoms with van der Waals surface area (Å²) in [7, 11) is 0. The molecule has 2 nitrogen and oxygen atoms in total. The van der Waals surface area contributed by atoms with Crippen molar-refractivity contribution >= 4 is 17.1 Å². The molecule has 0 saturated heterocycles. The van der Waals surface area contributed by atoms with Crippen molar-refractivity contribution in [1.29, 1.82) is 0 Å². The minimum Gasteiger partial charge on any atom is -0.289 e. The molecule has 0 spiro atoms. The molecule has 3 heteroatoms. The van der Waals surface area contributed by atoms with E-state index >= 15 is 0 Å². The molecule has 2 aromatic heterocycles. The second kappa shape index (κ2) is 3.65. The standard InChI is InChI=1S/C13H9ClN2/c14-13-12(10-4-2-1-3-5-10)7-6-11-8-15-9-16(11)13/h1-9H. The summed E-state index contributed by atoms with van der Waals surface area (Å²) in [6.07, 6.45) is 3.52. The van der Waals surface area contributed by atoms with Crippen molar-refractivity contribution in [2.24, 2.45) is 0 Å². The Kier molecular flexibility index (Phi) is 2.15. The summed E-state index contributed by atoms with van der Waals surface area (Å²) in [5.74, 6) is 0. The van der Waals surface area contributed by atoms with Gasteiger partial charge in [0, 0.05) is 5.56 Å². The highest BCUT2D eigenvalue weighted by molar-refractivity contribution is 6.32. The lowest BCUT2D eigenvalue weighted by atomic mass is 10.1. The summed E-state index contributed by atoms with van der Waals surface area (Å²) in [5, 5.41) is 0.696. The van der Waals surface area contributed by atoms with Gasteiger partial charge in [-0.25, -0.2) is 4.98 Å². The first kappa shape index (κ1) is 9.43. The van der Waals surface area contributed by atoms with Crippen molar-refractivity contribution in [1.82, 2.24) is 9.38 Å². The van der Waals surface area contributed by atoms with Gasteiger partial charge in [0.25, 0.3) is 0 Å². The Morgan fingerprint density at radius 1 is 1.00 bits per heavy atom. The van der Waals surface area contributed by atoms with E-state index in [0.29, 0.717) is 5.15 Å². The highest BCUT2D eigenvalue weighted by atomic mass is 35.5. The van der Waals surface area contributed by atoms with Crippen LogP contribution in [0.1, 0.15) is 0 Å². The van der Waals surface area contributed by atoms with Crippen LogP contribution in [0.5, 0.6) is 0 Å². The highest BCUT2D eigenvalue weighted by Gasteiger charge is 2.06. The molecule has 0 aliphatic heterocycles. The molecule has 2 heterocycles. The molecule has 0 saturated carbocycles. The summed E-state index contributed by atoms with van der Waals surface area (Å²) in [6.45, 7) is 0. The summed E-state index contributed by atoms with van der Waals surface area (Å²) >= 11 is 6.34. The molecule has 0 aliphatic rings. The predicted octanol–water partition coefficient (Wildman–Crippen LogP) is 3.65. The SMILES string of the molecule is Clc1c(-c2ccccc2)ccc2cncn12. The fourth-order valence-corrected chi connectivity index (χ4v) is 2.11.